The van der Waals surface area contributed by atoms with Gasteiger partial charge in [-0.2, -0.15) is 0 Å². The van der Waals surface area contributed by atoms with E-state index < -0.39 is 0 Å². The van der Waals surface area contributed by atoms with E-state index in [1.807, 2.05) is 42.5 Å². The van der Waals surface area contributed by atoms with Gasteiger partial charge in [0.05, 0.1) is 18.6 Å². The molecule has 0 bridgehead atoms. The number of hydrogen-bond donors (Lipinski definition) is 2. The maximum absolute atomic E-state index is 13.2. The number of rotatable bonds is 11. The van der Waals surface area contributed by atoms with Crippen molar-refractivity contribution < 1.29 is 19.1 Å². The molecule has 2 heterocycles. The van der Waals surface area contributed by atoms with Crippen LogP contribution in [0.25, 0.3) is 11.4 Å². The average molecular weight is 567 g/mol. The summed E-state index contributed by atoms with van der Waals surface area (Å²) in [5, 5.41) is 10.7. The summed E-state index contributed by atoms with van der Waals surface area (Å²) in [5.74, 6) is 1.79. The molecule has 0 unspecified atom stereocenters. The van der Waals surface area contributed by atoms with E-state index in [0.717, 1.165) is 5.56 Å². The molecule has 5 aromatic rings. The van der Waals surface area contributed by atoms with Crippen LogP contribution in [-0.2, 0) is 16.1 Å². The van der Waals surface area contributed by atoms with Gasteiger partial charge in [-0.3, -0.25) is 14.6 Å². The van der Waals surface area contributed by atoms with E-state index in [-0.39, 0.29) is 24.1 Å². The highest BCUT2D eigenvalue weighted by Gasteiger charge is 2.17. The Bertz CT molecular complexity index is 1610. The first-order valence-corrected chi connectivity index (χ1v) is 13.6. The van der Waals surface area contributed by atoms with Crippen LogP contribution in [0.4, 0.5) is 11.4 Å². The van der Waals surface area contributed by atoms with Gasteiger partial charge in [0.2, 0.25) is 11.8 Å². The Morgan fingerprint density at radius 2 is 1.56 bits per heavy atom. The Morgan fingerprint density at radius 3 is 2.32 bits per heavy atom. The number of para-hydroxylation sites is 3. The van der Waals surface area contributed by atoms with Gasteiger partial charge in [0.25, 0.3) is 0 Å². The van der Waals surface area contributed by atoms with Crippen LogP contribution < -0.4 is 20.1 Å². The van der Waals surface area contributed by atoms with Crippen molar-refractivity contribution in [2.24, 2.45) is 0 Å². The number of aromatic nitrogens is 4. The number of nitrogens with zero attached hydrogens (tertiary/aromatic N) is 4. The normalized spacial score (nSPS) is 10.6. The fourth-order valence-electron chi connectivity index (χ4n) is 3.76. The van der Waals surface area contributed by atoms with Gasteiger partial charge in [-0.15, -0.1) is 5.10 Å². The lowest BCUT2D eigenvalue weighted by Gasteiger charge is -2.12. The second-order valence-electron chi connectivity index (χ2n) is 8.64. The van der Waals surface area contributed by atoms with E-state index in [2.05, 4.69) is 25.7 Å². The summed E-state index contributed by atoms with van der Waals surface area (Å²) in [4.78, 5) is 34.5. The molecule has 41 heavy (non-hydrogen) atoms. The van der Waals surface area contributed by atoms with Crippen molar-refractivity contribution in [2.45, 2.75) is 11.7 Å². The minimum atomic E-state index is -0.329. The van der Waals surface area contributed by atoms with Crippen LogP contribution in [0.5, 0.6) is 17.2 Å². The number of anilines is 2. The molecular formula is C30H26N6O4S. The smallest absolute Gasteiger partial charge is 0.246 e. The van der Waals surface area contributed by atoms with Crippen molar-refractivity contribution in [2.75, 3.05) is 23.5 Å². The number of benzene rings is 3. The fourth-order valence-corrected chi connectivity index (χ4v) is 4.50. The number of ether oxygens (including phenoxy) is 2. The predicted octanol–water partition coefficient (Wildman–Crippen LogP) is 5.51. The largest absolute Gasteiger partial charge is 0.497 e. The topological polar surface area (TPSA) is 120 Å². The summed E-state index contributed by atoms with van der Waals surface area (Å²) >= 11 is 1.18. The monoisotopic (exact) mass is 566 g/mol. The third-order valence-electron chi connectivity index (χ3n) is 5.71. The van der Waals surface area contributed by atoms with Gasteiger partial charge in [-0.05, 0) is 60.7 Å². The van der Waals surface area contributed by atoms with Crippen LogP contribution in [0.1, 0.15) is 0 Å². The van der Waals surface area contributed by atoms with Crippen molar-refractivity contribution in [1.82, 2.24) is 19.7 Å². The number of methoxy groups -OCH3 is 1. The highest BCUT2D eigenvalue weighted by atomic mass is 32.2. The van der Waals surface area contributed by atoms with Crippen LogP contribution >= 0.6 is 11.8 Å². The summed E-state index contributed by atoms with van der Waals surface area (Å²) in [7, 11) is 1.58. The van der Waals surface area contributed by atoms with Crippen molar-refractivity contribution in [1.29, 1.82) is 0 Å². The molecule has 0 saturated heterocycles. The minimum Gasteiger partial charge on any atom is -0.497 e. The molecule has 206 valence electrons. The molecule has 0 aliphatic carbocycles. The van der Waals surface area contributed by atoms with Gasteiger partial charge in [-0.1, -0.05) is 42.1 Å². The summed E-state index contributed by atoms with van der Waals surface area (Å²) < 4.78 is 12.6. The number of amides is 2. The lowest BCUT2D eigenvalue weighted by Crippen LogP contribution is -2.21. The zero-order valence-electron chi connectivity index (χ0n) is 22.1. The molecular weight excluding hydrogens is 540 g/mol. The first-order valence-electron chi connectivity index (χ1n) is 12.6. The quantitative estimate of drug-likeness (QED) is 0.201. The molecule has 0 aliphatic heterocycles. The van der Waals surface area contributed by atoms with Crippen molar-refractivity contribution in [3.05, 3.63) is 103 Å². The van der Waals surface area contributed by atoms with Crippen molar-refractivity contribution >= 4 is 35.0 Å². The van der Waals surface area contributed by atoms with Gasteiger partial charge >= 0.3 is 0 Å². The van der Waals surface area contributed by atoms with E-state index in [1.165, 1.54) is 16.4 Å². The molecule has 2 N–H and O–H groups in total. The van der Waals surface area contributed by atoms with Gasteiger partial charge in [0.1, 0.15) is 18.0 Å². The first-order chi connectivity index (χ1) is 20.1. The second kappa shape index (κ2) is 13.3. The molecule has 11 heteroatoms. The Hall–Kier alpha value is -5.16. The van der Waals surface area contributed by atoms with Crippen LogP contribution in [0.2, 0.25) is 0 Å². The highest BCUT2D eigenvalue weighted by Crippen LogP contribution is 2.29. The van der Waals surface area contributed by atoms with Gasteiger partial charge < -0.3 is 20.1 Å². The molecule has 2 aromatic heterocycles. The van der Waals surface area contributed by atoms with Crippen LogP contribution in [-0.4, -0.2) is 44.4 Å². The van der Waals surface area contributed by atoms with E-state index in [1.54, 1.807) is 68.0 Å². The number of thioether (sulfide) groups is 1. The van der Waals surface area contributed by atoms with Crippen LogP contribution in [0.3, 0.4) is 0 Å². The average Bonchev–Trinajstić information content (AvgIpc) is 3.40. The zero-order valence-corrected chi connectivity index (χ0v) is 22.9. The van der Waals surface area contributed by atoms with Crippen LogP contribution in [0.15, 0.2) is 109 Å². The SMILES string of the molecule is COc1ccc(NC(=O)CSc2nc(-c3ccncc3)nn2CC(=O)Nc2ccccc2Oc2ccccc2)cc1. The minimum absolute atomic E-state index is 0.0654. The fraction of sp³-hybridized carbons (Fsp3) is 0.100. The summed E-state index contributed by atoms with van der Waals surface area (Å²) in [6, 6.07) is 27.1. The standard InChI is InChI=1S/C30H26N6O4S/c1-39-23-13-11-22(12-14-23)32-28(38)20-41-30-34-29(21-15-17-31-18-16-21)35-36(30)19-27(37)33-25-9-5-6-10-26(25)40-24-7-3-2-4-8-24/h2-18H,19-20H2,1H3,(H,32,38)(H,33,37). The Labute approximate surface area is 240 Å². The Morgan fingerprint density at radius 1 is 0.829 bits per heavy atom. The molecule has 5 rings (SSSR count). The molecule has 3 aromatic carbocycles. The molecule has 0 spiro atoms. The number of carbonyl (C=O) groups is 2. The number of pyridine rings is 1. The maximum Gasteiger partial charge on any atom is 0.246 e. The van der Waals surface area contributed by atoms with E-state index in [9.17, 15) is 9.59 Å². The molecule has 0 saturated carbocycles. The molecule has 2 amide bonds. The first kappa shape index (κ1) is 27.4. The third-order valence-corrected chi connectivity index (χ3v) is 6.67. The second-order valence-corrected chi connectivity index (χ2v) is 9.58. The molecule has 0 atom stereocenters. The summed E-state index contributed by atoms with van der Waals surface area (Å²) in [6.45, 7) is -0.125. The Balaban J connectivity index is 1.29. The van der Waals surface area contributed by atoms with Gasteiger partial charge in [0, 0.05) is 23.6 Å². The van der Waals surface area contributed by atoms with Gasteiger partial charge in [-0.25, -0.2) is 9.67 Å². The van der Waals surface area contributed by atoms with Crippen molar-refractivity contribution in [3.63, 3.8) is 0 Å². The van der Waals surface area contributed by atoms with Gasteiger partial charge in [0.15, 0.2) is 16.7 Å². The predicted molar refractivity (Wildman–Crippen MR) is 157 cm³/mol. The number of nitrogens with one attached hydrogen (secondary N) is 2. The number of carbonyl (C=O) groups excluding carboxylic acids is 2. The third kappa shape index (κ3) is 7.49. The summed E-state index contributed by atoms with van der Waals surface area (Å²) in [6.07, 6.45) is 3.28. The lowest BCUT2D eigenvalue weighted by atomic mass is 10.3. The maximum atomic E-state index is 13.2. The molecule has 0 aliphatic rings. The van der Waals surface area contributed by atoms with E-state index >= 15 is 0 Å². The Kier molecular flexibility index (Phi) is 8.87. The van der Waals surface area contributed by atoms with E-state index in [0.29, 0.717) is 39.6 Å². The zero-order chi connectivity index (χ0) is 28.4. The molecule has 10 nitrogen and oxygen atoms in total. The van der Waals surface area contributed by atoms with Crippen LogP contribution in [0, 0.1) is 0 Å². The summed E-state index contributed by atoms with van der Waals surface area (Å²) in [5.41, 5.74) is 1.90. The lowest BCUT2D eigenvalue weighted by molar-refractivity contribution is -0.117. The molecule has 0 fully saturated rings. The van der Waals surface area contributed by atoms with E-state index in [4.69, 9.17) is 9.47 Å². The number of hydrogen-bond acceptors (Lipinski definition) is 8. The molecule has 0 radical (unpaired) electrons. The van der Waals surface area contributed by atoms with Crippen molar-refractivity contribution in [3.8, 4) is 28.6 Å². The highest BCUT2D eigenvalue weighted by molar-refractivity contribution is 7.99.